The largest absolute Gasteiger partial charge is 0.354 e. The number of aldehydes is 1. The number of aromatic nitrogens is 1. The second kappa shape index (κ2) is 5.54. The van der Waals surface area contributed by atoms with Crippen molar-refractivity contribution < 1.29 is 4.79 Å². The Kier molecular flexibility index (Phi) is 3.89. The van der Waals surface area contributed by atoms with Crippen LogP contribution >= 0.6 is 46.4 Å². The Labute approximate surface area is 140 Å². The molecule has 21 heavy (non-hydrogen) atoms. The van der Waals surface area contributed by atoms with Crippen LogP contribution in [0.2, 0.25) is 20.1 Å². The van der Waals surface area contributed by atoms with Crippen LogP contribution in [0.4, 0.5) is 0 Å². The Morgan fingerprint density at radius 3 is 2.33 bits per heavy atom. The van der Waals surface area contributed by atoms with Gasteiger partial charge in [-0.3, -0.25) is 4.79 Å². The number of carbonyl (C=O) groups excluding carboxylic acids is 1. The number of halogens is 4. The number of aromatic amines is 1. The molecule has 1 heterocycles. The summed E-state index contributed by atoms with van der Waals surface area (Å²) in [4.78, 5) is 14.7. The number of carbonyl (C=O) groups is 1. The summed E-state index contributed by atoms with van der Waals surface area (Å²) in [6, 6.07) is 8.47. The lowest BCUT2D eigenvalue weighted by Gasteiger charge is -2.02. The fraction of sp³-hybridized carbons (Fsp3) is 0. The molecule has 3 rings (SSSR count). The van der Waals surface area contributed by atoms with E-state index in [0.29, 0.717) is 42.3 Å². The molecule has 0 saturated carbocycles. The van der Waals surface area contributed by atoms with Crippen LogP contribution in [0.1, 0.15) is 10.4 Å². The van der Waals surface area contributed by atoms with E-state index < -0.39 is 0 Å². The van der Waals surface area contributed by atoms with Crippen LogP contribution in [0, 0.1) is 0 Å². The third-order valence-electron chi connectivity index (χ3n) is 3.18. The van der Waals surface area contributed by atoms with E-state index in [-0.39, 0.29) is 0 Å². The number of hydrogen-bond acceptors (Lipinski definition) is 1. The zero-order valence-corrected chi connectivity index (χ0v) is 13.4. The molecule has 0 amide bonds. The van der Waals surface area contributed by atoms with Crippen LogP contribution in [0.15, 0.2) is 30.3 Å². The van der Waals surface area contributed by atoms with E-state index in [1.807, 2.05) is 0 Å². The third-order valence-corrected chi connectivity index (χ3v) is 4.43. The zero-order valence-electron chi connectivity index (χ0n) is 10.4. The first-order chi connectivity index (χ1) is 10.0. The van der Waals surface area contributed by atoms with E-state index in [2.05, 4.69) is 4.98 Å². The van der Waals surface area contributed by atoms with Gasteiger partial charge in [0, 0.05) is 27.1 Å². The van der Waals surface area contributed by atoms with E-state index >= 15 is 0 Å². The predicted octanol–water partition coefficient (Wildman–Crippen LogP) is 6.26. The van der Waals surface area contributed by atoms with E-state index in [1.165, 1.54) is 0 Å². The number of fused-ring (bicyclic) bond motifs is 1. The van der Waals surface area contributed by atoms with Gasteiger partial charge in [0.25, 0.3) is 0 Å². The Morgan fingerprint density at radius 2 is 1.67 bits per heavy atom. The molecule has 0 fully saturated rings. The monoisotopic (exact) mass is 357 g/mol. The lowest BCUT2D eigenvalue weighted by Crippen LogP contribution is -1.85. The maximum absolute atomic E-state index is 11.5. The molecule has 0 aliphatic rings. The summed E-state index contributed by atoms with van der Waals surface area (Å²) < 4.78 is 0. The Balaban J connectivity index is 2.34. The fourth-order valence-electron chi connectivity index (χ4n) is 2.27. The minimum absolute atomic E-state index is 0.411. The number of hydrogen-bond donors (Lipinski definition) is 1. The summed E-state index contributed by atoms with van der Waals surface area (Å²) in [6.45, 7) is 0. The van der Waals surface area contributed by atoms with Gasteiger partial charge in [0.05, 0.1) is 20.8 Å². The second-order valence-electron chi connectivity index (χ2n) is 4.47. The highest BCUT2D eigenvalue weighted by atomic mass is 35.5. The average molecular weight is 359 g/mol. The number of benzene rings is 2. The van der Waals surface area contributed by atoms with Crippen LogP contribution in [-0.4, -0.2) is 11.3 Å². The summed E-state index contributed by atoms with van der Waals surface area (Å²) in [6.07, 6.45) is 0.760. The van der Waals surface area contributed by atoms with Gasteiger partial charge in [-0.2, -0.15) is 0 Å². The van der Waals surface area contributed by atoms with Gasteiger partial charge in [0.15, 0.2) is 6.29 Å². The smallest absolute Gasteiger partial charge is 0.152 e. The molecule has 0 aliphatic heterocycles. The average Bonchev–Trinajstić information content (AvgIpc) is 2.80. The highest BCUT2D eigenvalue weighted by molar-refractivity contribution is 6.42. The van der Waals surface area contributed by atoms with Crippen LogP contribution < -0.4 is 0 Å². The molecule has 3 aromatic rings. The quantitative estimate of drug-likeness (QED) is 0.538. The number of nitrogens with one attached hydrogen (secondary N) is 1. The lowest BCUT2D eigenvalue weighted by molar-refractivity contribution is 0.112. The molecule has 2 nitrogen and oxygen atoms in total. The van der Waals surface area contributed by atoms with Gasteiger partial charge >= 0.3 is 0 Å². The van der Waals surface area contributed by atoms with E-state index in [0.717, 1.165) is 11.8 Å². The predicted molar refractivity (Wildman–Crippen MR) is 89.2 cm³/mol. The molecule has 106 valence electrons. The molecular formula is C15H7Cl4NO. The van der Waals surface area contributed by atoms with Crippen molar-refractivity contribution in [2.24, 2.45) is 0 Å². The zero-order chi connectivity index (χ0) is 15.1. The summed E-state index contributed by atoms with van der Waals surface area (Å²) in [5.41, 5.74) is 2.53. The number of H-pyrrole nitrogens is 1. The molecule has 0 atom stereocenters. The lowest BCUT2D eigenvalue weighted by atomic mass is 10.1. The Bertz CT molecular complexity index is 870. The van der Waals surface area contributed by atoms with Crippen LogP contribution in [-0.2, 0) is 0 Å². The normalized spacial score (nSPS) is 11.0. The summed E-state index contributed by atoms with van der Waals surface area (Å²) in [5.74, 6) is 0. The second-order valence-corrected chi connectivity index (χ2v) is 6.13. The molecule has 0 bridgehead atoms. The van der Waals surface area contributed by atoms with Gasteiger partial charge < -0.3 is 4.98 Å². The third kappa shape index (κ3) is 2.53. The van der Waals surface area contributed by atoms with Crippen LogP contribution in [0.25, 0.3) is 22.2 Å². The van der Waals surface area contributed by atoms with Crippen molar-refractivity contribution in [3.63, 3.8) is 0 Å². The standard InChI is InChI=1S/C15H7Cl4NO/c16-8-4-12(19)14-9(6-21)15(20-13(14)5-8)7-1-2-10(17)11(18)3-7/h1-6,20H. The topological polar surface area (TPSA) is 32.9 Å². The van der Waals surface area contributed by atoms with Crippen molar-refractivity contribution in [1.29, 1.82) is 0 Å². The van der Waals surface area contributed by atoms with Gasteiger partial charge in [-0.15, -0.1) is 0 Å². The molecule has 0 unspecified atom stereocenters. The Hall–Kier alpha value is -1.19. The first-order valence-electron chi connectivity index (χ1n) is 5.92. The first-order valence-corrected chi connectivity index (χ1v) is 7.43. The summed E-state index contributed by atoms with van der Waals surface area (Å²) in [7, 11) is 0. The molecule has 0 radical (unpaired) electrons. The minimum atomic E-state index is 0.411. The fourth-order valence-corrected chi connectivity index (χ4v) is 3.16. The molecule has 1 aromatic heterocycles. The highest BCUT2D eigenvalue weighted by Crippen LogP contribution is 2.37. The molecule has 6 heteroatoms. The van der Waals surface area contributed by atoms with Gasteiger partial charge in [-0.05, 0) is 24.3 Å². The van der Waals surface area contributed by atoms with Gasteiger partial charge in [0.2, 0.25) is 0 Å². The first kappa shape index (κ1) is 14.7. The summed E-state index contributed by atoms with van der Waals surface area (Å²) >= 11 is 24.1. The molecule has 2 aromatic carbocycles. The van der Waals surface area contributed by atoms with Gasteiger partial charge in [0.1, 0.15) is 0 Å². The SMILES string of the molecule is O=Cc1c(-c2ccc(Cl)c(Cl)c2)[nH]c2cc(Cl)cc(Cl)c12. The van der Waals surface area contributed by atoms with Crippen molar-refractivity contribution in [3.8, 4) is 11.3 Å². The maximum Gasteiger partial charge on any atom is 0.152 e. The minimum Gasteiger partial charge on any atom is -0.354 e. The van der Waals surface area contributed by atoms with E-state index in [4.69, 9.17) is 46.4 Å². The van der Waals surface area contributed by atoms with Crippen LogP contribution in [0.5, 0.6) is 0 Å². The molecule has 0 saturated heterocycles. The van der Waals surface area contributed by atoms with Crippen molar-refractivity contribution in [2.75, 3.05) is 0 Å². The Morgan fingerprint density at radius 1 is 0.905 bits per heavy atom. The van der Waals surface area contributed by atoms with Crippen molar-refractivity contribution in [3.05, 3.63) is 56.0 Å². The number of rotatable bonds is 2. The molecular weight excluding hydrogens is 352 g/mol. The molecule has 0 spiro atoms. The van der Waals surface area contributed by atoms with Gasteiger partial charge in [-0.1, -0.05) is 52.5 Å². The molecule has 0 aliphatic carbocycles. The van der Waals surface area contributed by atoms with Crippen molar-refractivity contribution in [1.82, 2.24) is 4.98 Å². The van der Waals surface area contributed by atoms with Crippen LogP contribution in [0.3, 0.4) is 0 Å². The highest BCUT2D eigenvalue weighted by Gasteiger charge is 2.16. The van der Waals surface area contributed by atoms with Crippen molar-refractivity contribution >= 4 is 63.6 Å². The van der Waals surface area contributed by atoms with E-state index in [1.54, 1.807) is 30.3 Å². The van der Waals surface area contributed by atoms with E-state index in [9.17, 15) is 4.79 Å². The summed E-state index contributed by atoms with van der Waals surface area (Å²) in [5, 5.41) is 2.41. The van der Waals surface area contributed by atoms with Crippen molar-refractivity contribution in [2.45, 2.75) is 0 Å². The van der Waals surface area contributed by atoms with Gasteiger partial charge in [-0.25, -0.2) is 0 Å². The molecule has 1 N–H and O–H groups in total. The maximum atomic E-state index is 11.5.